The van der Waals surface area contributed by atoms with Crippen molar-refractivity contribution in [3.8, 4) is 0 Å². The van der Waals surface area contributed by atoms with Crippen LogP contribution in [-0.4, -0.2) is 143 Å². The first-order valence-corrected chi connectivity index (χ1v) is 32.7. The molecule has 0 bridgehead atoms. The fourth-order valence-electron chi connectivity index (χ4n) is 12.9. The molecule has 10 unspecified atom stereocenters. The Hall–Kier alpha value is -6.67. The Labute approximate surface area is 548 Å². The van der Waals surface area contributed by atoms with Crippen LogP contribution in [0.4, 0.5) is 0 Å². The van der Waals surface area contributed by atoms with E-state index in [9.17, 15) is 15.9 Å². The van der Waals surface area contributed by atoms with Gasteiger partial charge in [-0.05, 0) is 65.8 Å². The lowest BCUT2D eigenvalue weighted by Crippen LogP contribution is -2.69. The van der Waals surface area contributed by atoms with Gasteiger partial charge >= 0.3 is 5.97 Å². The van der Waals surface area contributed by atoms with Gasteiger partial charge in [0.1, 0.15) is 73.7 Å². The molecule has 0 spiro atoms. The van der Waals surface area contributed by atoms with E-state index < -0.39 is 135 Å². The van der Waals surface area contributed by atoms with Crippen LogP contribution in [-0.2, 0) is 100 Å². The van der Waals surface area contributed by atoms with Crippen molar-refractivity contribution in [1.82, 2.24) is 0 Å². The van der Waals surface area contributed by atoms with E-state index in [1.165, 1.54) is 6.92 Å². The number of hydrogen-bond donors (Lipinski definition) is 0. The average Bonchev–Trinajstić information content (AvgIpc) is 0.754. The van der Waals surface area contributed by atoms with E-state index in [1.54, 1.807) is 0 Å². The highest BCUT2D eigenvalue weighted by Crippen LogP contribution is 2.45. The van der Waals surface area contributed by atoms with Gasteiger partial charge in [-0.25, -0.2) is 0 Å². The van der Waals surface area contributed by atoms with E-state index in [0.29, 0.717) is 12.0 Å². The first-order valence-electron chi connectivity index (χ1n) is 32.7. The summed E-state index contributed by atoms with van der Waals surface area (Å²) in [4.78, 5) is 19.1. The Morgan fingerprint density at radius 3 is 1.54 bits per heavy atom. The minimum absolute atomic E-state index is 0.0377. The van der Waals surface area contributed by atoms with Gasteiger partial charge in [-0.1, -0.05) is 195 Å². The quantitative estimate of drug-likeness (QED) is 0.0108. The minimum Gasteiger partial charge on any atom is -0.463 e. The second kappa shape index (κ2) is 34.3. The lowest BCUT2D eigenvalue weighted by molar-refractivity contribution is -0.425. The number of benzene rings is 5. The SMILES string of the molecule is C=CCCCCCCO[C@@H]1OC2COC(c3ccccc3)O[C@H]2[C@H](O[C@@H]2OC3COC(c4ccccc4)O[C@@H]3[C@H](O[C@H]3OC(COC(C)=O)[C@H](C)[C@H](C)C3N=[N+]=[N-])C2O[C@@H]2OC(C)[C@@H](OCc3ccccc3)[C@H](OCc3ccccc3)C2OCc2ccccc2)C1N=[N+]=[N-]. The number of esters is 1. The number of carbonyl (C=O) groups is 1. The second-order valence-electron chi connectivity index (χ2n) is 24.6. The first-order chi connectivity index (χ1) is 46.1. The standard InChI is InChI=1S/C71H86N6O17/c1-6-7-8-9-10-26-37-79-68-57(75-77-73)61(59-54(88-68)42-84-66(90-59)51-33-22-14-23-34-51)92-71-65(63(60-55(89-71)43-85-67(91-60)52-35-24-15-25-36-52)93-69-56(74-76-72)45(3)44(2)53(87-69)41-80-47(5)78)94-70-64(83-40-50-31-20-13-21-32-50)62(82-39-49-29-18-12-19-30-49)58(46(4)86-70)81-38-48-27-16-11-17-28-48/h6,11-25,27-36,44-46,53-71H,1,7-10,26,37-43H2,2-5H3/t44-,45+,46?,53?,54?,55?,56?,57?,58-,59-,60+,61-,62+,63+,64?,65?,66?,67?,68-,69-,70+,71+/m1/s1. The van der Waals surface area contributed by atoms with Crippen LogP contribution in [0.1, 0.15) is 100 Å². The van der Waals surface area contributed by atoms with Crippen LogP contribution in [0.25, 0.3) is 20.9 Å². The van der Waals surface area contributed by atoms with Gasteiger partial charge in [-0.2, -0.15) is 0 Å². The zero-order chi connectivity index (χ0) is 65.2. The molecular weight excluding hydrogens is 1210 g/mol. The van der Waals surface area contributed by atoms with Gasteiger partial charge in [-0.15, -0.1) is 6.58 Å². The Morgan fingerprint density at radius 2 is 0.989 bits per heavy atom. The molecular formula is C71H86N6O17. The van der Waals surface area contributed by atoms with E-state index >= 15 is 0 Å². The van der Waals surface area contributed by atoms with Crippen LogP contribution >= 0.6 is 0 Å². The van der Waals surface area contributed by atoms with Crippen LogP contribution < -0.4 is 0 Å². The van der Waals surface area contributed by atoms with Crippen LogP contribution in [0, 0.1) is 11.8 Å². The molecule has 0 aromatic heterocycles. The molecule has 5 aromatic carbocycles. The van der Waals surface area contributed by atoms with E-state index in [0.717, 1.165) is 47.9 Å². The van der Waals surface area contributed by atoms with E-state index in [4.69, 9.17) is 75.8 Å². The van der Waals surface area contributed by atoms with Crippen molar-refractivity contribution >= 4 is 5.97 Å². The first kappa shape index (κ1) is 68.7. The summed E-state index contributed by atoms with van der Waals surface area (Å²) in [6, 6.07) is 46.1. The number of unbranched alkanes of at least 4 members (excludes halogenated alkanes) is 4. The summed E-state index contributed by atoms with van der Waals surface area (Å²) in [5, 5.41) is 8.73. The predicted molar refractivity (Wildman–Crippen MR) is 340 cm³/mol. The molecule has 23 heteroatoms. The molecule has 94 heavy (non-hydrogen) atoms. The highest BCUT2D eigenvalue weighted by atomic mass is 16.8. The maximum Gasteiger partial charge on any atom is 0.302 e. The van der Waals surface area contributed by atoms with Gasteiger partial charge in [0.2, 0.25) is 0 Å². The molecule has 11 rings (SSSR count). The number of hydrogen-bond acceptors (Lipinski definition) is 19. The molecule has 0 radical (unpaired) electrons. The molecule has 6 heterocycles. The van der Waals surface area contributed by atoms with Gasteiger partial charge in [0.15, 0.2) is 37.7 Å². The largest absolute Gasteiger partial charge is 0.463 e. The summed E-state index contributed by atoms with van der Waals surface area (Å²) in [5.74, 6) is -1.19. The van der Waals surface area contributed by atoms with Crippen molar-refractivity contribution in [3.05, 3.63) is 213 Å². The fraction of sp³-hybridized carbons (Fsp3) is 0.535. The Bertz CT molecular complexity index is 3220. The number of ether oxygens (including phenoxy) is 16. The smallest absolute Gasteiger partial charge is 0.302 e. The third-order valence-corrected chi connectivity index (χ3v) is 18.1. The third kappa shape index (κ3) is 17.5. The molecule has 502 valence electrons. The molecule has 0 saturated carbocycles. The van der Waals surface area contributed by atoms with Crippen LogP contribution in [0.2, 0.25) is 0 Å². The van der Waals surface area contributed by atoms with Crippen LogP contribution in [0.3, 0.4) is 0 Å². The Kier molecular flexibility index (Phi) is 25.1. The van der Waals surface area contributed by atoms with Crippen molar-refractivity contribution in [2.45, 2.75) is 203 Å². The summed E-state index contributed by atoms with van der Waals surface area (Å²) in [6.45, 7) is 11.6. The molecule has 0 amide bonds. The van der Waals surface area contributed by atoms with Crippen molar-refractivity contribution in [2.75, 3.05) is 26.4 Å². The molecule has 22 atom stereocenters. The van der Waals surface area contributed by atoms with Gasteiger partial charge < -0.3 is 75.8 Å². The summed E-state index contributed by atoms with van der Waals surface area (Å²) < 4.78 is 111. The lowest BCUT2D eigenvalue weighted by Gasteiger charge is -2.54. The van der Waals surface area contributed by atoms with Gasteiger partial charge in [0.25, 0.3) is 0 Å². The zero-order valence-electron chi connectivity index (χ0n) is 53.5. The molecule has 6 aliphatic heterocycles. The average molecular weight is 1300 g/mol. The third-order valence-electron chi connectivity index (χ3n) is 18.1. The minimum atomic E-state index is -1.53. The van der Waals surface area contributed by atoms with Crippen molar-refractivity contribution in [3.63, 3.8) is 0 Å². The maximum atomic E-state index is 12.4. The number of allylic oxidation sites excluding steroid dienone is 1. The summed E-state index contributed by atoms with van der Waals surface area (Å²) in [7, 11) is 0. The number of nitrogens with zero attached hydrogens (tertiary/aromatic N) is 6. The number of azide groups is 2. The van der Waals surface area contributed by atoms with Crippen LogP contribution in [0.5, 0.6) is 0 Å². The maximum absolute atomic E-state index is 12.4. The van der Waals surface area contributed by atoms with Crippen molar-refractivity contribution in [1.29, 1.82) is 0 Å². The molecule has 6 aliphatic rings. The highest BCUT2D eigenvalue weighted by Gasteiger charge is 2.60. The predicted octanol–water partition coefficient (Wildman–Crippen LogP) is 12.4. The molecule has 6 saturated heterocycles. The fourth-order valence-corrected chi connectivity index (χ4v) is 12.9. The van der Waals surface area contributed by atoms with Crippen molar-refractivity contribution in [2.24, 2.45) is 22.1 Å². The van der Waals surface area contributed by atoms with E-state index in [1.807, 2.05) is 179 Å². The van der Waals surface area contributed by atoms with Gasteiger partial charge in [-0.3, -0.25) is 4.79 Å². The number of rotatable bonds is 29. The molecule has 6 fully saturated rings. The second-order valence-corrected chi connectivity index (χ2v) is 24.6. The monoisotopic (exact) mass is 1290 g/mol. The highest BCUT2D eigenvalue weighted by molar-refractivity contribution is 5.65. The Morgan fingerprint density at radius 1 is 0.511 bits per heavy atom. The number of carbonyl (C=O) groups excluding carboxylic acids is 1. The van der Waals surface area contributed by atoms with Gasteiger partial charge in [0.05, 0.1) is 51.3 Å². The zero-order valence-corrected chi connectivity index (χ0v) is 53.5. The molecule has 23 nitrogen and oxygen atoms in total. The number of fused-ring (bicyclic) bond motifs is 2. The molecule has 0 aliphatic carbocycles. The van der Waals surface area contributed by atoms with Gasteiger partial charge in [0, 0.05) is 34.5 Å². The summed E-state index contributed by atoms with van der Waals surface area (Å²) in [6.07, 6.45) is -12.9. The Balaban J connectivity index is 1.04. The lowest BCUT2D eigenvalue weighted by atomic mass is 9.82. The topological polar surface area (TPSA) is 262 Å². The van der Waals surface area contributed by atoms with Crippen LogP contribution in [0.15, 0.2) is 175 Å². The van der Waals surface area contributed by atoms with E-state index in [-0.39, 0.29) is 52.2 Å². The molecule has 0 N–H and O–H groups in total. The summed E-state index contributed by atoms with van der Waals surface area (Å²) in [5.41, 5.74) is 25.0. The normalized spacial score (nSPS) is 33.9. The van der Waals surface area contributed by atoms with E-state index in [2.05, 4.69) is 26.6 Å². The molecule has 5 aromatic rings. The van der Waals surface area contributed by atoms with Crippen molar-refractivity contribution < 1.29 is 80.6 Å². The summed E-state index contributed by atoms with van der Waals surface area (Å²) >= 11 is 0.